The number of hydrogen-bond acceptors (Lipinski definition) is 3. The zero-order chi connectivity index (χ0) is 13.5. The highest BCUT2D eigenvalue weighted by atomic mass is 16.7. The fourth-order valence-corrected chi connectivity index (χ4v) is 1.90. The van der Waals surface area contributed by atoms with Crippen LogP contribution in [0.1, 0.15) is 44.2 Å². The Balaban J connectivity index is 2.97. The molecule has 4 heteroatoms. The van der Waals surface area contributed by atoms with Crippen LogP contribution in [-0.4, -0.2) is 16.4 Å². The number of carbonyl (C=O) groups is 1. The summed E-state index contributed by atoms with van der Waals surface area (Å²) in [5.74, 6) is 0.0480. The normalized spacial score (nSPS) is 10.3. The lowest BCUT2D eigenvalue weighted by molar-refractivity contribution is 0.142. The molecule has 0 saturated heterocycles. The maximum atomic E-state index is 10.6. The predicted molar refractivity (Wildman–Crippen MR) is 69.4 cm³/mol. The Morgan fingerprint density at radius 3 is 2.44 bits per heavy atom. The molecule has 0 bridgehead atoms. The van der Waals surface area contributed by atoms with Crippen LogP contribution < -0.4 is 4.74 Å². The maximum absolute atomic E-state index is 10.6. The van der Waals surface area contributed by atoms with Crippen molar-refractivity contribution in [2.75, 3.05) is 0 Å². The van der Waals surface area contributed by atoms with E-state index in [1.165, 1.54) is 0 Å². The molecule has 0 atom stereocenters. The van der Waals surface area contributed by atoms with Crippen LogP contribution in [0, 0.1) is 0 Å². The summed E-state index contributed by atoms with van der Waals surface area (Å²) in [7, 11) is 0. The molecule has 0 saturated carbocycles. The molecule has 1 aromatic carbocycles. The third-order valence-electron chi connectivity index (χ3n) is 2.92. The van der Waals surface area contributed by atoms with Gasteiger partial charge in [0.05, 0.1) is 0 Å². The average Bonchev–Trinajstić information content (AvgIpc) is 2.33. The van der Waals surface area contributed by atoms with Gasteiger partial charge in [-0.1, -0.05) is 38.8 Å². The first-order chi connectivity index (χ1) is 8.60. The summed E-state index contributed by atoms with van der Waals surface area (Å²) in [6.07, 6.45) is 3.12. The molecule has 0 spiro atoms. The minimum Gasteiger partial charge on any atom is -0.504 e. The average molecular weight is 252 g/mol. The van der Waals surface area contributed by atoms with Crippen molar-refractivity contribution in [3.8, 4) is 11.5 Å². The summed E-state index contributed by atoms with van der Waals surface area (Å²) in [5.41, 5.74) is 1.45. The van der Waals surface area contributed by atoms with E-state index in [1.807, 2.05) is 19.1 Å². The molecular formula is C14H20O4. The number of ether oxygens (including phenoxy) is 1. The number of benzene rings is 1. The minimum absolute atomic E-state index is 0.0344. The number of unbranched alkanes of at least 4 members (excludes halogenated alkanes) is 2. The molecule has 100 valence electrons. The molecular weight excluding hydrogens is 232 g/mol. The molecule has 0 unspecified atom stereocenters. The number of phenolic OH excluding ortho intramolecular Hbond substituents is 1. The van der Waals surface area contributed by atoms with Crippen molar-refractivity contribution in [2.24, 2.45) is 0 Å². The van der Waals surface area contributed by atoms with Gasteiger partial charge in [0.25, 0.3) is 0 Å². The molecule has 0 aliphatic heterocycles. The quantitative estimate of drug-likeness (QED) is 0.459. The van der Waals surface area contributed by atoms with E-state index in [2.05, 4.69) is 11.7 Å². The predicted octanol–water partition coefficient (Wildman–Crippen LogP) is 3.74. The number of carboxylic acid groups (broad SMARTS) is 1. The smallest absolute Gasteiger partial charge is 0.504 e. The van der Waals surface area contributed by atoms with Crippen molar-refractivity contribution in [1.29, 1.82) is 0 Å². The topological polar surface area (TPSA) is 66.8 Å². The molecule has 18 heavy (non-hydrogen) atoms. The van der Waals surface area contributed by atoms with Crippen LogP contribution in [0.2, 0.25) is 0 Å². The van der Waals surface area contributed by atoms with Crippen molar-refractivity contribution in [3.63, 3.8) is 0 Å². The zero-order valence-corrected chi connectivity index (χ0v) is 10.9. The Hall–Kier alpha value is -1.71. The van der Waals surface area contributed by atoms with Gasteiger partial charge < -0.3 is 14.9 Å². The molecule has 4 nitrogen and oxygen atoms in total. The fraction of sp³-hybridized carbons (Fsp3) is 0.500. The lowest BCUT2D eigenvalue weighted by atomic mass is 10.0. The SMILES string of the molecule is CCCCCc1ccc(CC)c(OC(=O)O)c1O. The molecule has 0 amide bonds. The molecule has 0 fully saturated rings. The van der Waals surface area contributed by atoms with Crippen molar-refractivity contribution in [1.82, 2.24) is 0 Å². The van der Waals surface area contributed by atoms with Crippen molar-refractivity contribution in [3.05, 3.63) is 23.3 Å². The second-order valence-corrected chi connectivity index (χ2v) is 4.24. The summed E-state index contributed by atoms with van der Waals surface area (Å²) in [5, 5.41) is 18.7. The van der Waals surface area contributed by atoms with E-state index in [-0.39, 0.29) is 11.5 Å². The van der Waals surface area contributed by atoms with E-state index in [4.69, 9.17) is 5.11 Å². The summed E-state index contributed by atoms with van der Waals surface area (Å²) in [6.45, 7) is 4.00. The summed E-state index contributed by atoms with van der Waals surface area (Å²) < 4.78 is 4.68. The van der Waals surface area contributed by atoms with Gasteiger partial charge in [-0.3, -0.25) is 0 Å². The summed E-state index contributed by atoms with van der Waals surface area (Å²) >= 11 is 0. The lowest BCUT2D eigenvalue weighted by Gasteiger charge is -2.12. The number of aryl methyl sites for hydroxylation is 2. The molecule has 1 rings (SSSR count). The Morgan fingerprint density at radius 2 is 1.89 bits per heavy atom. The van der Waals surface area contributed by atoms with Gasteiger partial charge in [0.15, 0.2) is 11.5 Å². The van der Waals surface area contributed by atoms with Gasteiger partial charge >= 0.3 is 6.16 Å². The largest absolute Gasteiger partial charge is 0.511 e. The zero-order valence-electron chi connectivity index (χ0n) is 10.9. The first-order valence-corrected chi connectivity index (χ1v) is 6.34. The van der Waals surface area contributed by atoms with Crippen LogP contribution >= 0.6 is 0 Å². The molecule has 0 radical (unpaired) electrons. The maximum Gasteiger partial charge on any atom is 0.511 e. The first kappa shape index (κ1) is 14.4. The van der Waals surface area contributed by atoms with Crippen LogP contribution in [0.5, 0.6) is 11.5 Å². The van der Waals surface area contributed by atoms with Crippen molar-refractivity contribution in [2.45, 2.75) is 46.0 Å². The van der Waals surface area contributed by atoms with E-state index in [0.717, 1.165) is 31.2 Å². The van der Waals surface area contributed by atoms with Gasteiger partial charge in [0.2, 0.25) is 0 Å². The Labute approximate surface area is 107 Å². The molecule has 0 aliphatic carbocycles. The van der Waals surface area contributed by atoms with Gasteiger partial charge in [0.1, 0.15) is 0 Å². The number of aromatic hydroxyl groups is 1. The highest BCUT2D eigenvalue weighted by Crippen LogP contribution is 2.35. The van der Waals surface area contributed by atoms with E-state index >= 15 is 0 Å². The highest BCUT2D eigenvalue weighted by Gasteiger charge is 2.15. The summed E-state index contributed by atoms with van der Waals surface area (Å²) in [4.78, 5) is 10.6. The minimum atomic E-state index is -1.40. The summed E-state index contributed by atoms with van der Waals surface area (Å²) in [6, 6.07) is 3.66. The first-order valence-electron chi connectivity index (χ1n) is 6.34. The standard InChI is InChI=1S/C14H20O4/c1-3-5-6-7-11-9-8-10(4-2)13(12(11)15)18-14(16)17/h8-9,15H,3-7H2,1-2H3,(H,16,17). The van der Waals surface area contributed by atoms with Crippen LogP contribution in [0.15, 0.2) is 12.1 Å². The Kier molecular flexibility index (Phi) is 5.49. The lowest BCUT2D eigenvalue weighted by Crippen LogP contribution is -2.06. The van der Waals surface area contributed by atoms with Crippen LogP contribution in [-0.2, 0) is 12.8 Å². The third kappa shape index (κ3) is 3.65. The van der Waals surface area contributed by atoms with Crippen LogP contribution in [0.25, 0.3) is 0 Å². The highest BCUT2D eigenvalue weighted by molar-refractivity contribution is 5.65. The van der Waals surface area contributed by atoms with Gasteiger partial charge in [-0.15, -0.1) is 0 Å². The Morgan fingerprint density at radius 1 is 1.22 bits per heavy atom. The second-order valence-electron chi connectivity index (χ2n) is 4.24. The number of hydrogen-bond donors (Lipinski definition) is 2. The van der Waals surface area contributed by atoms with E-state index < -0.39 is 6.16 Å². The molecule has 0 aliphatic rings. The second kappa shape index (κ2) is 6.89. The molecule has 2 N–H and O–H groups in total. The van der Waals surface area contributed by atoms with Gasteiger partial charge in [-0.25, -0.2) is 4.79 Å². The molecule has 1 aromatic rings. The van der Waals surface area contributed by atoms with Gasteiger partial charge in [-0.05, 0) is 30.4 Å². The number of phenols is 1. The van der Waals surface area contributed by atoms with Gasteiger partial charge in [0, 0.05) is 0 Å². The number of rotatable bonds is 6. The Bertz CT molecular complexity index is 413. The van der Waals surface area contributed by atoms with E-state index in [9.17, 15) is 9.90 Å². The van der Waals surface area contributed by atoms with E-state index in [0.29, 0.717) is 12.0 Å². The van der Waals surface area contributed by atoms with Crippen LogP contribution in [0.4, 0.5) is 4.79 Å². The van der Waals surface area contributed by atoms with Crippen LogP contribution in [0.3, 0.4) is 0 Å². The monoisotopic (exact) mass is 252 g/mol. The van der Waals surface area contributed by atoms with Gasteiger partial charge in [-0.2, -0.15) is 0 Å². The van der Waals surface area contributed by atoms with Crippen molar-refractivity contribution >= 4 is 6.16 Å². The van der Waals surface area contributed by atoms with E-state index in [1.54, 1.807) is 0 Å². The third-order valence-corrected chi connectivity index (χ3v) is 2.92. The molecule has 0 heterocycles. The molecule has 0 aromatic heterocycles. The van der Waals surface area contributed by atoms with Crippen molar-refractivity contribution < 1.29 is 19.7 Å². The fourth-order valence-electron chi connectivity index (χ4n) is 1.90.